The van der Waals surface area contributed by atoms with E-state index in [9.17, 15) is 5.26 Å². The quantitative estimate of drug-likeness (QED) is 0.769. The van der Waals surface area contributed by atoms with Crippen molar-refractivity contribution in [3.63, 3.8) is 0 Å². The van der Waals surface area contributed by atoms with Crippen LogP contribution in [0.1, 0.15) is 24.2 Å². The summed E-state index contributed by atoms with van der Waals surface area (Å²) in [6.45, 7) is 3.83. The van der Waals surface area contributed by atoms with Gasteiger partial charge in [-0.25, -0.2) is 9.97 Å². The van der Waals surface area contributed by atoms with E-state index in [0.717, 1.165) is 48.1 Å². The number of fused-ring (bicyclic) bond motifs is 1. The molecule has 6 nitrogen and oxygen atoms in total. The van der Waals surface area contributed by atoms with Crippen LogP contribution in [0.4, 0.5) is 0 Å². The fourth-order valence-corrected chi connectivity index (χ4v) is 3.27. The lowest BCUT2D eigenvalue weighted by Gasteiger charge is -2.23. The van der Waals surface area contributed by atoms with Crippen molar-refractivity contribution in [3.8, 4) is 23.2 Å². The second kappa shape index (κ2) is 6.54. The molecule has 0 saturated carbocycles. The van der Waals surface area contributed by atoms with Gasteiger partial charge in [0, 0.05) is 16.5 Å². The van der Waals surface area contributed by atoms with Gasteiger partial charge >= 0.3 is 0 Å². The number of H-pyrrole nitrogens is 1. The molecule has 0 aliphatic carbocycles. The largest absolute Gasteiger partial charge is 0.473 e. The zero-order chi connectivity index (χ0) is 17.2. The van der Waals surface area contributed by atoms with Crippen LogP contribution < -0.4 is 10.1 Å². The number of ether oxygens (including phenoxy) is 1. The van der Waals surface area contributed by atoms with Gasteiger partial charge in [0.2, 0.25) is 5.88 Å². The normalized spacial score (nSPS) is 15.2. The van der Waals surface area contributed by atoms with Crippen LogP contribution in [-0.2, 0) is 0 Å². The molecular formula is C19H19N5O. The molecule has 2 N–H and O–H groups in total. The Bertz CT molecular complexity index is 950. The Labute approximate surface area is 145 Å². The standard InChI is InChI=1S/C19H19N5O/c1-12-19(25-13-6-8-21-9-7-13)22-11-17(23-12)18-14-4-2-3-5-15(14)24-16(18)10-20/h2-5,11,13,21,24H,6-9H2,1H3. The molecule has 25 heavy (non-hydrogen) atoms. The van der Waals surface area contributed by atoms with Crippen LogP contribution in [-0.4, -0.2) is 34.1 Å². The van der Waals surface area contributed by atoms with Crippen molar-refractivity contribution in [2.45, 2.75) is 25.9 Å². The molecule has 0 amide bonds. The molecule has 6 heteroatoms. The predicted octanol–water partition coefficient (Wildman–Crippen LogP) is 2.94. The number of hydrogen-bond acceptors (Lipinski definition) is 5. The van der Waals surface area contributed by atoms with E-state index >= 15 is 0 Å². The Morgan fingerprint density at radius 2 is 2.04 bits per heavy atom. The van der Waals surface area contributed by atoms with E-state index in [1.165, 1.54) is 0 Å². The molecule has 2 aromatic heterocycles. The van der Waals surface area contributed by atoms with Crippen molar-refractivity contribution in [2.24, 2.45) is 0 Å². The Kier molecular flexibility index (Phi) is 4.08. The number of nitriles is 1. The fraction of sp³-hybridized carbons (Fsp3) is 0.316. The number of nitrogens with zero attached hydrogens (tertiary/aromatic N) is 3. The van der Waals surface area contributed by atoms with Crippen LogP contribution >= 0.6 is 0 Å². The molecule has 0 unspecified atom stereocenters. The summed E-state index contributed by atoms with van der Waals surface area (Å²) < 4.78 is 6.02. The number of aromatic nitrogens is 3. The third kappa shape index (κ3) is 2.94. The minimum Gasteiger partial charge on any atom is -0.473 e. The van der Waals surface area contributed by atoms with Gasteiger partial charge in [-0.1, -0.05) is 18.2 Å². The van der Waals surface area contributed by atoms with Crippen LogP contribution in [0.25, 0.3) is 22.2 Å². The molecule has 1 aromatic carbocycles. The number of aromatic amines is 1. The maximum atomic E-state index is 9.46. The molecule has 1 saturated heterocycles. The summed E-state index contributed by atoms with van der Waals surface area (Å²) in [4.78, 5) is 12.3. The highest BCUT2D eigenvalue weighted by Gasteiger charge is 2.19. The second-order valence-corrected chi connectivity index (χ2v) is 6.25. The van der Waals surface area contributed by atoms with Crippen molar-refractivity contribution in [1.82, 2.24) is 20.3 Å². The van der Waals surface area contributed by atoms with Gasteiger partial charge in [-0.05, 0) is 38.9 Å². The van der Waals surface area contributed by atoms with E-state index in [1.807, 2.05) is 31.2 Å². The SMILES string of the molecule is Cc1nc(-c2c(C#N)[nH]c3ccccc23)cnc1OC1CCNCC1. The number of hydrogen-bond donors (Lipinski definition) is 2. The number of rotatable bonds is 3. The van der Waals surface area contributed by atoms with Gasteiger partial charge < -0.3 is 15.0 Å². The molecule has 0 bridgehead atoms. The number of aryl methyl sites for hydroxylation is 1. The highest BCUT2D eigenvalue weighted by molar-refractivity contribution is 5.97. The Morgan fingerprint density at radius 1 is 1.24 bits per heavy atom. The Balaban J connectivity index is 1.70. The molecule has 126 valence electrons. The van der Waals surface area contributed by atoms with E-state index in [1.54, 1.807) is 6.20 Å². The smallest absolute Gasteiger partial charge is 0.235 e. The molecule has 0 spiro atoms. The molecule has 4 rings (SSSR count). The molecule has 0 radical (unpaired) electrons. The topological polar surface area (TPSA) is 86.6 Å². The molecule has 3 heterocycles. The van der Waals surface area contributed by atoms with Crippen LogP contribution in [0, 0.1) is 18.3 Å². The monoisotopic (exact) mass is 333 g/mol. The number of piperidine rings is 1. The first-order valence-electron chi connectivity index (χ1n) is 8.48. The van der Waals surface area contributed by atoms with Crippen LogP contribution in [0.15, 0.2) is 30.5 Å². The van der Waals surface area contributed by atoms with Crippen molar-refractivity contribution >= 4 is 10.9 Å². The molecule has 3 aromatic rings. The highest BCUT2D eigenvalue weighted by atomic mass is 16.5. The Morgan fingerprint density at radius 3 is 2.80 bits per heavy atom. The summed E-state index contributed by atoms with van der Waals surface area (Å²) in [6.07, 6.45) is 3.83. The molecule has 0 atom stereocenters. The molecule has 1 aliphatic heterocycles. The van der Waals surface area contributed by atoms with Gasteiger partial charge in [0.05, 0.1) is 11.9 Å². The zero-order valence-corrected chi connectivity index (χ0v) is 14.0. The summed E-state index contributed by atoms with van der Waals surface area (Å²) >= 11 is 0. The first-order valence-corrected chi connectivity index (χ1v) is 8.48. The van der Waals surface area contributed by atoms with Gasteiger partial charge in [-0.3, -0.25) is 0 Å². The van der Waals surface area contributed by atoms with E-state index in [0.29, 0.717) is 17.3 Å². The average Bonchev–Trinajstić information content (AvgIpc) is 3.03. The van der Waals surface area contributed by atoms with E-state index in [4.69, 9.17) is 4.74 Å². The minimum absolute atomic E-state index is 0.183. The summed E-state index contributed by atoms with van der Waals surface area (Å²) in [6, 6.07) is 10.1. The van der Waals surface area contributed by atoms with E-state index < -0.39 is 0 Å². The average molecular weight is 333 g/mol. The summed E-state index contributed by atoms with van der Waals surface area (Å²) in [5.41, 5.74) is 3.64. The first kappa shape index (κ1) is 15.6. The maximum Gasteiger partial charge on any atom is 0.235 e. The fourth-order valence-electron chi connectivity index (χ4n) is 3.27. The van der Waals surface area contributed by atoms with Gasteiger partial charge in [0.1, 0.15) is 23.6 Å². The maximum absolute atomic E-state index is 9.46. The van der Waals surface area contributed by atoms with Gasteiger partial charge in [-0.2, -0.15) is 5.26 Å². The van der Waals surface area contributed by atoms with Gasteiger partial charge in [-0.15, -0.1) is 0 Å². The molecule has 1 aliphatic rings. The van der Waals surface area contributed by atoms with E-state index in [2.05, 4.69) is 26.3 Å². The third-order valence-electron chi connectivity index (χ3n) is 4.54. The lowest BCUT2D eigenvalue weighted by Crippen LogP contribution is -2.34. The molecular weight excluding hydrogens is 314 g/mol. The lowest BCUT2D eigenvalue weighted by atomic mass is 10.1. The van der Waals surface area contributed by atoms with Crippen LogP contribution in [0.5, 0.6) is 5.88 Å². The van der Waals surface area contributed by atoms with Crippen LogP contribution in [0.3, 0.4) is 0 Å². The number of para-hydroxylation sites is 1. The Hall–Kier alpha value is -2.91. The van der Waals surface area contributed by atoms with Crippen LogP contribution in [0.2, 0.25) is 0 Å². The third-order valence-corrected chi connectivity index (χ3v) is 4.54. The van der Waals surface area contributed by atoms with Gasteiger partial charge in [0.15, 0.2) is 0 Å². The second-order valence-electron chi connectivity index (χ2n) is 6.25. The summed E-state index contributed by atoms with van der Waals surface area (Å²) in [5, 5.41) is 13.8. The van der Waals surface area contributed by atoms with Crippen molar-refractivity contribution in [3.05, 3.63) is 41.9 Å². The highest BCUT2D eigenvalue weighted by Crippen LogP contribution is 2.31. The predicted molar refractivity (Wildman–Crippen MR) is 95.3 cm³/mol. The van der Waals surface area contributed by atoms with Gasteiger partial charge in [0.25, 0.3) is 0 Å². The summed E-state index contributed by atoms with van der Waals surface area (Å²) in [5.74, 6) is 0.578. The van der Waals surface area contributed by atoms with Crippen molar-refractivity contribution < 1.29 is 4.74 Å². The molecule has 1 fully saturated rings. The minimum atomic E-state index is 0.183. The number of benzene rings is 1. The first-order chi connectivity index (χ1) is 12.3. The summed E-state index contributed by atoms with van der Waals surface area (Å²) in [7, 11) is 0. The zero-order valence-electron chi connectivity index (χ0n) is 14.0. The van der Waals surface area contributed by atoms with Crippen molar-refractivity contribution in [2.75, 3.05) is 13.1 Å². The lowest BCUT2D eigenvalue weighted by molar-refractivity contribution is 0.154. The number of nitrogens with one attached hydrogen (secondary N) is 2. The van der Waals surface area contributed by atoms with E-state index in [-0.39, 0.29) is 6.10 Å². The van der Waals surface area contributed by atoms with Crippen molar-refractivity contribution in [1.29, 1.82) is 5.26 Å².